The van der Waals surface area contributed by atoms with Gasteiger partial charge in [0.25, 0.3) is 0 Å². The summed E-state index contributed by atoms with van der Waals surface area (Å²) < 4.78 is 33.8. The summed E-state index contributed by atoms with van der Waals surface area (Å²) >= 11 is 0. The predicted octanol–water partition coefficient (Wildman–Crippen LogP) is 7.59. The molecule has 0 saturated heterocycles. The average molecular weight is 453 g/mol. The summed E-state index contributed by atoms with van der Waals surface area (Å²) in [6, 6.07) is 13.9. The van der Waals surface area contributed by atoms with Crippen LogP contribution in [0.2, 0.25) is 0 Å². The SMILES string of the molecule is [2H]C([2H])([2H])c1cc(C)c(-c2nc3c(c[n+]2C)C(C)(C)CCC3(C)C)c2oc3c4ccccc4ccc3c12. The van der Waals surface area contributed by atoms with E-state index in [4.69, 9.17) is 13.5 Å². The van der Waals surface area contributed by atoms with Gasteiger partial charge < -0.3 is 4.42 Å². The molecule has 0 spiro atoms. The Morgan fingerprint density at radius 1 is 0.941 bits per heavy atom. The van der Waals surface area contributed by atoms with E-state index in [9.17, 15) is 0 Å². The highest BCUT2D eigenvalue weighted by molar-refractivity contribution is 6.18. The van der Waals surface area contributed by atoms with Crippen molar-refractivity contribution < 1.29 is 13.1 Å². The third kappa shape index (κ3) is 2.89. The molecule has 1 aliphatic rings. The zero-order valence-corrected chi connectivity index (χ0v) is 20.8. The lowest BCUT2D eigenvalue weighted by Crippen LogP contribution is -2.42. The summed E-state index contributed by atoms with van der Waals surface area (Å²) in [5, 5.41) is 3.51. The zero-order valence-electron chi connectivity index (χ0n) is 23.8. The molecule has 0 amide bonds. The van der Waals surface area contributed by atoms with Crippen molar-refractivity contribution in [2.45, 2.75) is 65.1 Å². The topological polar surface area (TPSA) is 29.9 Å². The normalized spacial score (nSPS) is 18.6. The Morgan fingerprint density at radius 3 is 2.50 bits per heavy atom. The number of nitrogens with zero attached hydrogens (tertiary/aromatic N) is 2. The lowest BCUT2D eigenvalue weighted by molar-refractivity contribution is -0.663. The Labute approximate surface area is 205 Å². The highest BCUT2D eigenvalue weighted by Crippen LogP contribution is 2.46. The van der Waals surface area contributed by atoms with Gasteiger partial charge in [-0.25, -0.2) is 4.57 Å². The number of hydrogen-bond acceptors (Lipinski definition) is 2. The van der Waals surface area contributed by atoms with Crippen LogP contribution >= 0.6 is 0 Å². The van der Waals surface area contributed by atoms with Gasteiger partial charge in [-0.05, 0) is 59.6 Å². The van der Waals surface area contributed by atoms with Crippen LogP contribution in [0.25, 0.3) is 44.1 Å². The molecule has 0 bridgehead atoms. The summed E-state index contributed by atoms with van der Waals surface area (Å²) in [6.07, 6.45) is 4.40. The highest BCUT2D eigenvalue weighted by atomic mass is 16.3. The second-order valence-electron chi connectivity index (χ2n) is 11.3. The Bertz CT molecular complexity index is 1740. The molecule has 0 aliphatic heterocycles. The molecule has 172 valence electrons. The maximum absolute atomic E-state index is 8.34. The van der Waals surface area contributed by atoms with Gasteiger partial charge in [-0.2, -0.15) is 0 Å². The number of rotatable bonds is 1. The quantitative estimate of drug-likeness (QED) is 0.245. The first-order chi connectivity index (χ1) is 17.3. The van der Waals surface area contributed by atoms with E-state index in [0.717, 1.165) is 51.6 Å². The van der Waals surface area contributed by atoms with Crippen LogP contribution in [-0.2, 0) is 17.9 Å². The third-order valence-corrected chi connectivity index (χ3v) is 7.93. The standard InChI is InChI=1S/C31H33N2O/c1-18-16-19(2)25(27-24(18)22-13-12-20-10-8-9-11-21(20)26(22)34-27)29-32-28-23(17-33(29)7)30(3,4)14-15-31(28,5)6/h8-13,16-17H,14-15H2,1-7H3/q+1/i1D3. The van der Waals surface area contributed by atoms with Crippen LogP contribution in [0.3, 0.4) is 0 Å². The second kappa shape index (κ2) is 6.91. The van der Waals surface area contributed by atoms with E-state index in [2.05, 4.69) is 38.5 Å². The number of benzene rings is 3. The van der Waals surface area contributed by atoms with Crippen molar-refractivity contribution in [3.63, 3.8) is 0 Å². The monoisotopic (exact) mass is 452 g/mol. The van der Waals surface area contributed by atoms with Crippen LogP contribution in [0.5, 0.6) is 0 Å². The molecule has 0 radical (unpaired) electrons. The Hall–Kier alpha value is -3.20. The summed E-state index contributed by atoms with van der Waals surface area (Å²) in [5.74, 6) is 0.799. The molecule has 3 heteroatoms. The maximum atomic E-state index is 8.34. The van der Waals surface area contributed by atoms with Gasteiger partial charge in [-0.15, -0.1) is 0 Å². The van der Waals surface area contributed by atoms with Gasteiger partial charge in [0, 0.05) is 31.2 Å². The Balaban J connectivity index is 1.77. The number of aryl methyl sites for hydroxylation is 3. The smallest absolute Gasteiger partial charge is 0.334 e. The summed E-state index contributed by atoms with van der Waals surface area (Å²) in [7, 11) is 2.03. The zero-order chi connectivity index (χ0) is 26.5. The molecule has 0 fully saturated rings. The number of furan rings is 1. The van der Waals surface area contributed by atoms with E-state index in [1.807, 2.05) is 56.4 Å². The average Bonchev–Trinajstić information content (AvgIpc) is 3.21. The van der Waals surface area contributed by atoms with E-state index in [-0.39, 0.29) is 10.8 Å². The van der Waals surface area contributed by atoms with Gasteiger partial charge in [0.1, 0.15) is 11.1 Å². The predicted molar refractivity (Wildman–Crippen MR) is 140 cm³/mol. The fourth-order valence-electron chi connectivity index (χ4n) is 5.77. The lowest BCUT2D eigenvalue weighted by Gasteiger charge is -2.37. The van der Waals surface area contributed by atoms with Crippen molar-refractivity contribution >= 4 is 32.7 Å². The van der Waals surface area contributed by atoms with Crippen LogP contribution in [0, 0.1) is 13.8 Å². The maximum Gasteiger partial charge on any atom is 0.334 e. The molecule has 1 aliphatic carbocycles. The molecular formula is C31H33N2O+. The highest BCUT2D eigenvalue weighted by Gasteiger charge is 2.43. The van der Waals surface area contributed by atoms with Crippen LogP contribution < -0.4 is 4.57 Å². The first-order valence-electron chi connectivity index (χ1n) is 13.6. The molecule has 2 heterocycles. The third-order valence-electron chi connectivity index (χ3n) is 7.93. The van der Waals surface area contributed by atoms with Crippen LogP contribution in [0.4, 0.5) is 0 Å². The molecule has 34 heavy (non-hydrogen) atoms. The number of aromatic nitrogens is 2. The molecule has 0 N–H and O–H groups in total. The first-order valence-corrected chi connectivity index (χ1v) is 12.1. The molecule has 0 saturated carbocycles. The lowest BCUT2D eigenvalue weighted by atomic mass is 9.65. The van der Waals surface area contributed by atoms with Crippen LogP contribution in [-0.4, -0.2) is 4.98 Å². The molecule has 3 nitrogen and oxygen atoms in total. The minimum absolute atomic E-state index is 0.0436. The number of hydrogen-bond donors (Lipinski definition) is 0. The molecule has 5 aromatic rings. The van der Waals surface area contributed by atoms with Crippen molar-refractivity contribution in [1.29, 1.82) is 0 Å². The minimum Gasteiger partial charge on any atom is -0.454 e. The molecule has 6 rings (SSSR count). The van der Waals surface area contributed by atoms with Gasteiger partial charge in [0.05, 0.1) is 13.2 Å². The van der Waals surface area contributed by atoms with Gasteiger partial charge in [0.15, 0.2) is 11.3 Å². The van der Waals surface area contributed by atoms with Crippen molar-refractivity contribution in [1.82, 2.24) is 4.98 Å². The molecule has 0 atom stereocenters. The van der Waals surface area contributed by atoms with Gasteiger partial charge >= 0.3 is 5.82 Å². The van der Waals surface area contributed by atoms with Crippen molar-refractivity contribution in [2.75, 3.05) is 0 Å². The van der Waals surface area contributed by atoms with Crippen molar-refractivity contribution in [2.24, 2.45) is 7.05 Å². The number of fused-ring (bicyclic) bond motifs is 6. The van der Waals surface area contributed by atoms with Crippen molar-refractivity contribution in [3.05, 3.63) is 71.0 Å². The Morgan fingerprint density at radius 2 is 1.71 bits per heavy atom. The second-order valence-corrected chi connectivity index (χ2v) is 11.3. The fourth-order valence-corrected chi connectivity index (χ4v) is 5.77. The van der Waals surface area contributed by atoms with Gasteiger partial charge in [0.2, 0.25) is 0 Å². The van der Waals surface area contributed by atoms with Crippen LogP contribution in [0.1, 0.15) is 67.0 Å². The molecule has 2 aromatic heterocycles. The minimum atomic E-state index is -2.28. The molecule has 3 aromatic carbocycles. The summed E-state index contributed by atoms with van der Waals surface area (Å²) in [6.45, 7) is 8.81. The Kier molecular flexibility index (Phi) is 3.69. The van der Waals surface area contributed by atoms with Crippen LogP contribution in [0.15, 0.2) is 53.1 Å². The van der Waals surface area contributed by atoms with E-state index >= 15 is 0 Å². The van der Waals surface area contributed by atoms with Crippen molar-refractivity contribution in [3.8, 4) is 11.4 Å². The fraction of sp³-hybridized carbons (Fsp3) is 0.355. The van der Waals surface area contributed by atoms with E-state index < -0.39 is 6.85 Å². The van der Waals surface area contributed by atoms with E-state index in [1.165, 1.54) is 5.56 Å². The summed E-state index contributed by atoms with van der Waals surface area (Å²) in [4.78, 5) is 5.33. The van der Waals surface area contributed by atoms with Gasteiger partial charge in [-0.1, -0.05) is 64.1 Å². The van der Waals surface area contributed by atoms with E-state index in [0.29, 0.717) is 22.1 Å². The largest absolute Gasteiger partial charge is 0.454 e. The molecule has 0 unspecified atom stereocenters. The van der Waals surface area contributed by atoms with E-state index in [1.54, 1.807) is 0 Å². The molecular weight excluding hydrogens is 416 g/mol. The first kappa shape index (κ1) is 18.2. The summed E-state index contributed by atoms with van der Waals surface area (Å²) in [5.41, 5.74) is 5.71. The van der Waals surface area contributed by atoms with Gasteiger partial charge in [-0.3, -0.25) is 0 Å².